The lowest BCUT2D eigenvalue weighted by atomic mass is 10.5. The molecule has 0 aliphatic heterocycles. The fourth-order valence-corrected chi connectivity index (χ4v) is 0.620. The summed E-state index contributed by atoms with van der Waals surface area (Å²) in [6.07, 6.45) is -1.81. The summed E-state index contributed by atoms with van der Waals surface area (Å²) >= 11 is 0. The number of phosphoric acid groups is 1. The van der Waals surface area contributed by atoms with Crippen molar-refractivity contribution in [3.05, 3.63) is 0 Å². The highest BCUT2D eigenvalue weighted by Crippen LogP contribution is 2.35. The van der Waals surface area contributed by atoms with E-state index in [1.807, 2.05) is 0 Å². The van der Waals surface area contributed by atoms with E-state index in [-0.39, 0.29) is 13.0 Å². The van der Waals surface area contributed by atoms with Crippen molar-refractivity contribution < 1.29 is 29.1 Å². The molecule has 0 bridgehead atoms. The molecule has 0 aromatic heterocycles. The summed E-state index contributed by atoms with van der Waals surface area (Å²) in [6.45, 7) is -0.373. The molecule has 0 saturated heterocycles. The largest absolute Gasteiger partial charge is 0.469 e. The summed E-state index contributed by atoms with van der Waals surface area (Å²) in [7, 11) is -4.44. The minimum Gasteiger partial charge on any atom is -0.368 e. The first kappa shape index (κ1) is 10.0. The number of hydrogen-bond acceptors (Lipinski definition) is 4. The van der Waals surface area contributed by atoms with Crippen LogP contribution in [0.2, 0.25) is 0 Å². The van der Waals surface area contributed by atoms with Gasteiger partial charge in [0.15, 0.2) is 6.29 Å². The second-order valence-electron chi connectivity index (χ2n) is 1.59. The second-order valence-corrected chi connectivity index (χ2v) is 2.83. The summed E-state index contributed by atoms with van der Waals surface area (Å²) in [4.78, 5) is 16.1. The number of rotatable bonds is 4. The number of hydrogen-bond donors (Lipinski definition) is 4. The zero-order valence-electron chi connectivity index (χ0n) is 5.04. The van der Waals surface area contributed by atoms with Crippen LogP contribution in [-0.2, 0) is 9.09 Å². The highest BCUT2D eigenvalue weighted by molar-refractivity contribution is 7.46. The van der Waals surface area contributed by atoms with Gasteiger partial charge in [0.2, 0.25) is 0 Å². The van der Waals surface area contributed by atoms with Crippen LogP contribution >= 0.6 is 7.82 Å². The van der Waals surface area contributed by atoms with E-state index >= 15 is 0 Å². The van der Waals surface area contributed by atoms with Gasteiger partial charge in [-0.25, -0.2) is 4.57 Å². The molecule has 6 nitrogen and oxygen atoms in total. The van der Waals surface area contributed by atoms with Crippen LogP contribution in [0.15, 0.2) is 0 Å². The lowest BCUT2D eigenvalue weighted by Gasteiger charge is -2.05. The van der Waals surface area contributed by atoms with E-state index in [2.05, 4.69) is 4.52 Å². The van der Waals surface area contributed by atoms with Gasteiger partial charge in [0.1, 0.15) is 0 Å². The van der Waals surface area contributed by atoms with Crippen molar-refractivity contribution >= 4 is 7.82 Å². The summed E-state index contributed by atoms with van der Waals surface area (Å²) in [5.74, 6) is 0. The van der Waals surface area contributed by atoms with Crippen molar-refractivity contribution in [1.82, 2.24) is 0 Å². The Labute approximate surface area is 57.3 Å². The Morgan fingerprint density at radius 1 is 1.40 bits per heavy atom. The predicted octanol–water partition coefficient (Wildman–Crippen LogP) is -1.20. The lowest BCUT2D eigenvalue weighted by molar-refractivity contribution is -0.0532. The molecule has 62 valence electrons. The first-order valence-corrected chi connectivity index (χ1v) is 4.01. The molecular weight excluding hydrogens is 163 g/mol. The molecule has 0 heterocycles. The average Bonchev–Trinajstić information content (AvgIpc) is 1.59. The summed E-state index contributed by atoms with van der Waals surface area (Å²) in [5.41, 5.74) is 0. The molecule has 0 fully saturated rings. The quantitative estimate of drug-likeness (QED) is 0.313. The maximum atomic E-state index is 9.92. The highest BCUT2D eigenvalue weighted by atomic mass is 31.2. The molecular formula is C3H9O6P. The van der Waals surface area contributed by atoms with E-state index in [0.717, 1.165) is 0 Å². The topological polar surface area (TPSA) is 107 Å². The average molecular weight is 172 g/mol. The molecule has 0 spiro atoms. The Kier molecular flexibility index (Phi) is 4.04. The smallest absolute Gasteiger partial charge is 0.368 e. The molecule has 0 rings (SSSR count). The standard InChI is InChI=1S/C3H9O6P/c4-3(5)1-2-9-10(6,7)8/h3-5H,1-2H2,(H2,6,7,8). The van der Waals surface area contributed by atoms with Gasteiger partial charge in [0, 0.05) is 6.42 Å². The Hall–Kier alpha value is 0.0300. The molecule has 0 aliphatic rings. The third kappa shape index (κ3) is 8.03. The number of aliphatic hydroxyl groups is 2. The van der Waals surface area contributed by atoms with Gasteiger partial charge >= 0.3 is 7.82 Å². The molecule has 7 heteroatoms. The Balaban J connectivity index is 3.30. The maximum Gasteiger partial charge on any atom is 0.469 e. The Morgan fingerprint density at radius 3 is 2.20 bits per heavy atom. The summed E-state index contributed by atoms with van der Waals surface area (Å²) < 4.78 is 13.8. The SMILES string of the molecule is O=P(O)(O)OCCC(O)O. The summed E-state index contributed by atoms with van der Waals surface area (Å²) in [6, 6.07) is 0. The van der Waals surface area contributed by atoms with Gasteiger partial charge in [-0.2, -0.15) is 0 Å². The Bertz CT molecular complexity index is 127. The van der Waals surface area contributed by atoms with Crippen LogP contribution in [0.1, 0.15) is 6.42 Å². The molecule has 0 radical (unpaired) electrons. The van der Waals surface area contributed by atoms with Gasteiger partial charge in [-0.3, -0.25) is 4.52 Å². The maximum absolute atomic E-state index is 9.92. The van der Waals surface area contributed by atoms with Crippen molar-refractivity contribution in [2.24, 2.45) is 0 Å². The molecule has 0 unspecified atom stereocenters. The first-order chi connectivity index (χ1) is 4.42. The van der Waals surface area contributed by atoms with Gasteiger partial charge in [-0.1, -0.05) is 0 Å². The van der Waals surface area contributed by atoms with Gasteiger partial charge in [-0.15, -0.1) is 0 Å². The highest BCUT2D eigenvalue weighted by Gasteiger charge is 2.13. The van der Waals surface area contributed by atoms with Crippen LogP contribution in [-0.4, -0.2) is 32.9 Å². The van der Waals surface area contributed by atoms with Gasteiger partial charge in [0.25, 0.3) is 0 Å². The van der Waals surface area contributed by atoms with Crippen LogP contribution < -0.4 is 0 Å². The van der Waals surface area contributed by atoms with E-state index in [1.54, 1.807) is 0 Å². The van der Waals surface area contributed by atoms with E-state index in [1.165, 1.54) is 0 Å². The van der Waals surface area contributed by atoms with Crippen molar-refractivity contribution in [2.45, 2.75) is 12.7 Å². The van der Waals surface area contributed by atoms with E-state index in [4.69, 9.17) is 20.0 Å². The van der Waals surface area contributed by atoms with Gasteiger partial charge in [0.05, 0.1) is 6.61 Å². The summed E-state index contributed by atoms with van der Waals surface area (Å²) in [5, 5.41) is 16.3. The Morgan fingerprint density at radius 2 is 1.90 bits per heavy atom. The van der Waals surface area contributed by atoms with E-state index in [9.17, 15) is 4.57 Å². The predicted molar refractivity (Wildman–Crippen MR) is 30.8 cm³/mol. The third-order valence-electron chi connectivity index (χ3n) is 0.636. The minimum absolute atomic E-state index is 0.217. The normalized spacial score (nSPS) is 12.5. The van der Waals surface area contributed by atoms with Crippen LogP contribution in [0.4, 0.5) is 0 Å². The van der Waals surface area contributed by atoms with Crippen molar-refractivity contribution in [1.29, 1.82) is 0 Å². The molecule has 0 aliphatic carbocycles. The van der Waals surface area contributed by atoms with Crippen LogP contribution in [0.5, 0.6) is 0 Å². The van der Waals surface area contributed by atoms with Crippen LogP contribution in [0, 0.1) is 0 Å². The third-order valence-corrected chi connectivity index (χ3v) is 1.15. The minimum atomic E-state index is -4.44. The number of phosphoric ester groups is 1. The molecule has 0 atom stereocenters. The fraction of sp³-hybridized carbons (Fsp3) is 1.00. The number of aliphatic hydroxyl groups excluding tert-OH is 1. The van der Waals surface area contributed by atoms with Crippen molar-refractivity contribution in [3.8, 4) is 0 Å². The van der Waals surface area contributed by atoms with Crippen LogP contribution in [0.25, 0.3) is 0 Å². The monoisotopic (exact) mass is 172 g/mol. The lowest BCUT2D eigenvalue weighted by Crippen LogP contribution is -2.07. The fourth-order valence-electron chi connectivity index (χ4n) is 0.277. The van der Waals surface area contributed by atoms with E-state index < -0.39 is 14.1 Å². The van der Waals surface area contributed by atoms with Crippen molar-refractivity contribution in [2.75, 3.05) is 6.61 Å². The second kappa shape index (κ2) is 4.02. The molecule has 0 saturated carbocycles. The van der Waals surface area contributed by atoms with E-state index in [0.29, 0.717) is 0 Å². The van der Waals surface area contributed by atoms with Gasteiger partial charge < -0.3 is 20.0 Å². The van der Waals surface area contributed by atoms with Crippen molar-refractivity contribution in [3.63, 3.8) is 0 Å². The molecule has 0 aromatic rings. The molecule has 4 N–H and O–H groups in total. The molecule has 0 aromatic carbocycles. The zero-order valence-corrected chi connectivity index (χ0v) is 5.94. The van der Waals surface area contributed by atoms with Gasteiger partial charge in [-0.05, 0) is 0 Å². The molecule has 0 amide bonds. The first-order valence-electron chi connectivity index (χ1n) is 2.48. The zero-order chi connectivity index (χ0) is 8.20. The van der Waals surface area contributed by atoms with Crippen LogP contribution in [0.3, 0.4) is 0 Å². The molecule has 10 heavy (non-hydrogen) atoms.